The van der Waals surface area contributed by atoms with Crippen LogP contribution in [0.1, 0.15) is 48.4 Å². The van der Waals surface area contributed by atoms with Crippen LogP contribution in [0, 0.1) is 10.1 Å². The van der Waals surface area contributed by atoms with Gasteiger partial charge in [-0.05, 0) is 56.2 Å². The zero-order valence-corrected chi connectivity index (χ0v) is 10.4. The molecule has 1 aliphatic carbocycles. The molecule has 3 rings (SSSR count). The van der Waals surface area contributed by atoms with Crippen LogP contribution in [0.5, 0.6) is 0 Å². The van der Waals surface area contributed by atoms with Gasteiger partial charge in [0.05, 0.1) is 4.92 Å². The lowest BCUT2D eigenvalue weighted by Crippen LogP contribution is -2.15. The molecule has 1 aliphatic heterocycles. The molecule has 2 aliphatic rings. The molecule has 0 radical (unpaired) electrons. The molecule has 96 valence electrons. The van der Waals surface area contributed by atoms with Crippen LogP contribution >= 0.6 is 0 Å². The fourth-order valence-electron chi connectivity index (χ4n) is 3.20. The van der Waals surface area contributed by atoms with Gasteiger partial charge in [0.2, 0.25) is 0 Å². The van der Waals surface area contributed by atoms with Crippen molar-refractivity contribution < 1.29 is 4.92 Å². The molecule has 18 heavy (non-hydrogen) atoms. The number of hydrogen-bond donors (Lipinski definition) is 1. The summed E-state index contributed by atoms with van der Waals surface area (Å²) in [4.78, 5) is 11.0. The van der Waals surface area contributed by atoms with Crippen molar-refractivity contribution in [1.29, 1.82) is 0 Å². The van der Waals surface area contributed by atoms with Crippen LogP contribution in [-0.2, 0) is 12.8 Å². The molecular formula is C14H18N2O2. The highest BCUT2D eigenvalue weighted by Crippen LogP contribution is 2.34. The Morgan fingerprint density at radius 2 is 2.06 bits per heavy atom. The molecule has 4 heteroatoms. The summed E-state index contributed by atoms with van der Waals surface area (Å²) in [7, 11) is 0. The first-order valence-corrected chi connectivity index (χ1v) is 6.79. The molecule has 0 saturated carbocycles. The van der Waals surface area contributed by atoms with E-state index in [-0.39, 0.29) is 4.92 Å². The maximum absolute atomic E-state index is 11.2. The van der Waals surface area contributed by atoms with E-state index in [4.69, 9.17) is 0 Å². The van der Waals surface area contributed by atoms with E-state index < -0.39 is 0 Å². The Morgan fingerprint density at radius 1 is 1.22 bits per heavy atom. The van der Waals surface area contributed by atoms with Gasteiger partial charge in [-0.3, -0.25) is 10.1 Å². The fraction of sp³-hybridized carbons (Fsp3) is 0.571. The first kappa shape index (κ1) is 11.7. The molecule has 0 aromatic heterocycles. The van der Waals surface area contributed by atoms with Gasteiger partial charge in [-0.2, -0.15) is 0 Å². The predicted octanol–water partition coefficient (Wildman–Crippen LogP) is 2.90. The van der Waals surface area contributed by atoms with Gasteiger partial charge in [0.25, 0.3) is 5.69 Å². The van der Waals surface area contributed by atoms with Gasteiger partial charge >= 0.3 is 0 Å². The third kappa shape index (κ3) is 2.01. The standard InChI is InChI=1S/C14H18N2O2/c17-16(18)14-9-11(13-6-3-7-15-13)8-10-4-1-2-5-12(10)14/h8-9,13,15H,1-7H2/t13-/m0/s1. The van der Waals surface area contributed by atoms with Gasteiger partial charge in [0.1, 0.15) is 0 Å². The number of aryl methyl sites for hydroxylation is 1. The van der Waals surface area contributed by atoms with Crippen LogP contribution < -0.4 is 5.32 Å². The smallest absolute Gasteiger partial charge is 0.273 e. The van der Waals surface area contributed by atoms with Crippen molar-refractivity contribution in [3.63, 3.8) is 0 Å². The van der Waals surface area contributed by atoms with Gasteiger partial charge in [-0.15, -0.1) is 0 Å². The number of benzene rings is 1. The van der Waals surface area contributed by atoms with E-state index in [9.17, 15) is 10.1 Å². The molecule has 0 amide bonds. The summed E-state index contributed by atoms with van der Waals surface area (Å²) in [6, 6.07) is 4.31. The second-order valence-corrected chi connectivity index (χ2v) is 5.29. The van der Waals surface area contributed by atoms with E-state index in [0.717, 1.165) is 56.2 Å². The average molecular weight is 246 g/mol. The van der Waals surface area contributed by atoms with Crippen molar-refractivity contribution in [3.8, 4) is 0 Å². The molecular weight excluding hydrogens is 228 g/mol. The Labute approximate surface area is 107 Å². The maximum Gasteiger partial charge on any atom is 0.273 e. The quantitative estimate of drug-likeness (QED) is 0.644. The normalized spacial score (nSPS) is 22.8. The second kappa shape index (κ2) is 4.69. The van der Waals surface area contributed by atoms with E-state index in [2.05, 4.69) is 11.4 Å². The first-order valence-electron chi connectivity index (χ1n) is 6.79. The summed E-state index contributed by atoms with van der Waals surface area (Å²) in [5.41, 5.74) is 3.64. The Kier molecular flexibility index (Phi) is 3.04. The molecule has 0 unspecified atom stereocenters. The Hall–Kier alpha value is -1.42. The first-order chi connectivity index (χ1) is 8.75. The summed E-state index contributed by atoms with van der Waals surface area (Å²) >= 11 is 0. The zero-order valence-electron chi connectivity index (χ0n) is 10.4. The van der Waals surface area contributed by atoms with Crippen LogP contribution in [0.2, 0.25) is 0 Å². The van der Waals surface area contributed by atoms with E-state index in [1.54, 1.807) is 6.07 Å². The summed E-state index contributed by atoms with van der Waals surface area (Å²) in [5.74, 6) is 0. The largest absolute Gasteiger partial charge is 0.310 e. The van der Waals surface area contributed by atoms with E-state index in [1.807, 2.05) is 0 Å². The third-order valence-electron chi connectivity index (χ3n) is 4.12. The highest BCUT2D eigenvalue weighted by molar-refractivity contribution is 5.50. The number of nitrogens with one attached hydrogen (secondary N) is 1. The van der Waals surface area contributed by atoms with Crippen LogP contribution in [0.25, 0.3) is 0 Å². The van der Waals surface area contributed by atoms with Gasteiger partial charge in [-0.25, -0.2) is 0 Å². The van der Waals surface area contributed by atoms with Gasteiger partial charge in [0.15, 0.2) is 0 Å². The predicted molar refractivity (Wildman–Crippen MR) is 69.7 cm³/mol. The van der Waals surface area contributed by atoms with E-state index in [1.165, 1.54) is 5.56 Å². The molecule has 1 fully saturated rings. The van der Waals surface area contributed by atoms with Crippen LogP contribution in [0.4, 0.5) is 5.69 Å². The molecule has 1 aromatic carbocycles. The molecule has 1 saturated heterocycles. The summed E-state index contributed by atoms with van der Waals surface area (Å²) < 4.78 is 0. The SMILES string of the molecule is O=[N+]([O-])c1cc([C@@H]2CCCN2)cc2c1CCCC2. The number of nitro groups is 1. The van der Waals surface area contributed by atoms with Gasteiger partial charge in [-0.1, -0.05) is 6.07 Å². The van der Waals surface area contributed by atoms with Crippen molar-refractivity contribution >= 4 is 5.69 Å². The third-order valence-corrected chi connectivity index (χ3v) is 4.12. The number of fused-ring (bicyclic) bond motifs is 1. The summed E-state index contributed by atoms with van der Waals surface area (Å²) in [6.45, 7) is 1.02. The lowest BCUT2D eigenvalue weighted by molar-refractivity contribution is -0.385. The molecule has 0 bridgehead atoms. The summed E-state index contributed by atoms with van der Waals surface area (Å²) in [5, 5.41) is 14.6. The topological polar surface area (TPSA) is 55.2 Å². The van der Waals surface area contributed by atoms with Crippen molar-refractivity contribution in [2.75, 3.05) is 6.54 Å². The molecule has 1 atom stereocenters. The van der Waals surface area contributed by atoms with Crippen LogP contribution in [0.15, 0.2) is 12.1 Å². The number of rotatable bonds is 2. The Morgan fingerprint density at radius 3 is 2.78 bits per heavy atom. The van der Waals surface area contributed by atoms with Crippen molar-refractivity contribution in [1.82, 2.24) is 5.32 Å². The van der Waals surface area contributed by atoms with Gasteiger partial charge < -0.3 is 5.32 Å². The molecule has 4 nitrogen and oxygen atoms in total. The van der Waals surface area contributed by atoms with Gasteiger partial charge in [0, 0.05) is 17.7 Å². The minimum Gasteiger partial charge on any atom is -0.310 e. The second-order valence-electron chi connectivity index (χ2n) is 5.29. The Bertz CT molecular complexity index is 479. The molecule has 0 spiro atoms. The lowest BCUT2D eigenvalue weighted by atomic mass is 9.87. The number of nitrogens with zero attached hydrogens (tertiary/aromatic N) is 1. The van der Waals surface area contributed by atoms with E-state index >= 15 is 0 Å². The fourth-order valence-corrected chi connectivity index (χ4v) is 3.20. The molecule has 1 N–H and O–H groups in total. The van der Waals surface area contributed by atoms with E-state index in [0.29, 0.717) is 11.7 Å². The van der Waals surface area contributed by atoms with Crippen LogP contribution in [-0.4, -0.2) is 11.5 Å². The number of hydrogen-bond acceptors (Lipinski definition) is 3. The zero-order chi connectivity index (χ0) is 12.5. The molecule has 1 heterocycles. The van der Waals surface area contributed by atoms with Crippen LogP contribution in [0.3, 0.4) is 0 Å². The minimum absolute atomic E-state index is 0.206. The minimum atomic E-state index is -0.206. The van der Waals surface area contributed by atoms with Crippen molar-refractivity contribution in [2.24, 2.45) is 0 Å². The van der Waals surface area contributed by atoms with Crippen molar-refractivity contribution in [2.45, 2.75) is 44.6 Å². The lowest BCUT2D eigenvalue weighted by Gasteiger charge is -2.19. The highest BCUT2D eigenvalue weighted by Gasteiger charge is 2.25. The average Bonchev–Trinajstić information content (AvgIpc) is 2.91. The van der Waals surface area contributed by atoms with Crippen molar-refractivity contribution in [3.05, 3.63) is 38.9 Å². The monoisotopic (exact) mass is 246 g/mol. The highest BCUT2D eigenvalue weighted by atomic mass is 16.6. The Balaban J connectivity index is 2.05. The molecule has 1 aromatic rings. The maximum atomic E-state index is 11.2. The number of nitro benzene ring substituents is 1. The summed E-state index contributed by atoms with van der Waals surface area (Å²) in [6.07, 6.45) is 6.35.